The highest BCUT2D eigenvalue weighted by Gasteiger charge is 2.36. The van der Waals surface area contributed by atoms with Crippen molar-refractivity contribution >= 4 is 16.9 Å². The molecule has 0 fully saturated rings. The zero-order valence-electron chi connectivity index (χ0n) is 21.2. The molecule has 0 bridgehead atoms. The zero-order valence-corrected chi connectivity index (χ0v) is 21.2. The maximum Gasteiger partial charge on any atom is 0.385 e. The van der Waals surface area contributed by atoms with E-state index in [-0.39, 0.29) is 34.7 Å². The summed E-state index contributed by atoms with van der Waals surface area (Å²) in [5.74, 6) is -1.50. The molecule has 190 valence electrons. The summed E-state index contributed by atoms with van der Waals surface area (Å²) in [7, 11) is 1.91. The predicted octanol–water partition coefficient (Wildman–Crippen LogP) is 3.06. The number of hydrogen-bond acceptors (Lipinski definition) is 7. The predicted molar refractivity (Wildman–Crippen MR) is 136 cm³/mol. The van der Waals surface area contributed by atoms with Gasteiger partial charge in [0.1, 0.15) is 17.0 Å². The Hall–Kier alpha value is -4.05. The van der Waals surface area contributed by atoms with Crippen molar-refractivity contribution < 1.29 is 19.8 Å². The molecule has 0 spiro atoms. The van der Waals surface area contributed by atoms with Crippen LogP contribution in [0.3, 0.4) is 0 Å². The van der Waals surface area contributed by atoms with Crippen molar-refractivity contribution in [3.05, 3.63) is 58.6 Å². The molecule has 4 N–H and O–H groups in total. The Labute approximate surface area is 208 Å². The fourth-order valence-electron chi connectivity index (χ4n) is 3.87. The SMILES string of the molecule is CC(C)c1cc(-c2nn(OC(=O)C(C)(N)C(C)C)c(=O)n2-c2ccc3c(ccn3C)c2)c(O)cc1O. The summed E-state index contributed by atoms with van der Waals surface area (Å²) in [4.78, 5) is 32.3. The first-order valence-corrected chi connectivity index (χ1v) is 11.7. The molecule has 4 rings (SSSR count). The Morgan fingerprint density at radius 3 is 2.42 bits per heavy atom. The molecule has 2 heterocycles. The highest BCUT2D eigenvalue weighted by molar-refractivity contribution is 5.83. The molecule has 36 heavy (non-hydrogen) atoms. The normalized spacial score (nSPS) is 13.5. The largest absolute Gasteiger partial charge is 0.508 e. The third-order valence-electron chi connectivity index (χ3n) is 6.70. The lowest BCUT2D eigenvalue weighted by atomic mass is 9.90. The summed E-state index contributed by atoms with van der Waals surface area (Å²) in [6.45, 7) is 8.84. The standard InChI is InChI=1S/C26H31N5O5/c1-14(2)18-12-19(22(33)13-21(18)32)23-28-31(36-24(34)26(5,27)15(3)4)25(35)30(23)17-7-8-20-16(11-17)9-10-29(20)6/h7-15,32-33H,27H2,1-6H3. The molecule has 0 aliphatic carbocycles. The number of rotatable bonds is 6. The molecule has 2 aromatic carbocycles. The van der Waals surface area contributed by atoms with Crippen LogP contribution in [0.1, 0.15) is 46.1 Å². The lowest BCUT2D eigenvalue weighted by Gasteiger charge is -2.25. The second kappa shape index (κ2) is 8.87. The van der Waals surface area contributed by atoms with E-state index in [2.05, 4.69) is 5.10 Å². The van der Waals surface area contributed by atoms with Crippen LogP contribution in [0, 0.1) is 5.92 Å². The molecule has 0 saturated carbocycles. The fourth-order valence-corrected chi connectivity index (χ4v) is 3.87. The van der Waals surface area contributed by atoms with Crippen LogP contribution in [0.15, 0.2) is 47.4 Å². The Morgan fingerprint density at radius 1 is 1.08 bits per heavy atom. The van der Waals surface area contributed by atoms with Crippen molar-refractivity contribution in [3.8, 4) is 28.6 Å². The number of phenols is 2. The number of phenolic OH excluding ortho intramolecular Hbond substituents is 2. The average molecular weight is 494 g/mol. The zero-order chi connectivity index (χ0) is 26.5. The number of nitrogens with two attached hydrogens (primary N) is 1. The van der Waals surface area contributed by atoms with E-state index in [1.807, 2.05) is 43.8 Å². The summed E-state index contributed by atoms with van der Waals surface area (Å²) < 4.78 is 3.20. The number of fused-ring (bicyclic) bond motifs is 1. The maximum absolute atomic E-state index is 13.5. The van der Waals surface area contributed by atoms with Crippen LogP contribution in [-0.4, -0.2) is 40.8 Å². The van der Waals surface area contributed by atoms with Gasteiger partial charge in [-0.2, -0.15) is 0 Å². The van der Waals surface area contributed by atoms with Gasteiger partial charge >= 0.3 is 11.7 Å². The molecule has 1 unspecified atom stereocenters. The van der Waals surface area contributed by atoms with Gasteiger partial charge in [0.2, 0.25) is 0 Å². The third-order valence-corrected chi connectivity index (χ3v) is 6.70. The van der Waals surface area contributed by atoms with Gasteiger partial charge in [-0.05, 0) is 59.5 Å². The monoisotopic (exact) mass is 493 g/mol. The second-order valence-electron chi connectivity index (χ2n) is 9.88. The molecule has 0 aliphatic heterocycles. The summed E-state index contributed by atoms with van der Waals surface area (Å²) in [5.41, 5.74) is 6.17. The van der Waals surface area contributed by atoms with Gasteiger partial charge in [0.05, 0.1) is 11.3 Å². The number of benzene rings is 2. The summed E-state index contributed by atoms with van der Waals surface area (Å²) >= 11 is 0. The Bertz CT molecular complexity index is 1520. The molecular formula is C26H31N5O5. The minimum absolute atomic E-state index is 0.0331. The highest BCUT2D eigenvalue weighted by Crippen LogP contribution is 2.37. The first-order valence-electron chi connectivity index (χ1n) is 11.7. The van der Waals surface area contributed by atoms with Crippen molar-refractivity contribution in [2.75, 3.05) is 0 Å². The smallest absolute Gasteiger partial charge is 0.385 e. The summed E-state index contributed by atoms with van der Waals surface area (Å²) in [6, 6.07) is 10.1. The molecule has 4 aromatic rings. The molecule has 1 atom stereocenters. The fraction of sp³-hybridized carbons (Fsp3) is 0.346. The van der Waals surface area contributed by atoms with Gasteiger partial charge in [-0.25, -0.2) is 14.2 Å². The highest BCUT2D eigenvalue weighted by atomic mass is 16.7. The molecule has 0 radical (unpaired) electrons. The minimum atomic E-state index is -1.36. The van der Waals surface area contributed by atoms with E-state index in [1.54, 1.807) is 32.0 Å². The van der Waals surface area contributed by atoms with E-state index in [1.165, 1.54) is 17.6 Å². The number of nitrogens with zero attached hydrogens (tertiary/aromatic N) is 4. The molecular weight excluding hydrogens is 462 g/mol. The van der Waals surface area contributed by atoms with E-state index in [0.717, 1.165) is 10.9 Å². The summed E-state index contributed by atoms with van der Waals surface area (Å²) in [6.07, 6.45) is 1.90. The summed E-state index contributed by atoms with van der Waals surface area (Å²) in [5, 5.41) is 26.2. The van der Waals surface area contributed by atoms with Crippen LogP contribution in [0.25, 0.3) is 28.0 Å². The lowest BCUT2D eigenvalue weighted by Crippen LogP contribution is -2.54. The van der Waals surface area contributed by atoms with Gasteiger partial charge in [0, 0.05) is 30.2 Å². The van der Waals surface area contributed by atoms with Gasteiger partial charge in [-0.15, -0.1) is 5.10 Å². The number of aromatic nitrogens is 4. The van der Waals surface area contributed by atoms with E-state index in [0.29, 0.717) is 16.1 Å². The van der Waals surface area contributed by atoms with E-state index >= 15 is 0 Å². The second-order valence-corrected chi connectivity index (χ2v) is 9.88. The molecule has 2 aromatic heterocycles. The Kier molecular flexibility index (Phi) is 6.17. The van der Waals surface area contributed by atoms with Crippen molar-refractivity contribution in [1.82, 2.24) is 19.1 Å². The number of carbonyl (C=O) groups excluding carboxylic acids is 1. The number of hydrogen-bond donors (Lipinski definition) is 3. The average Bonchev–Trinajstić information content (AvgIpc) is 3.32. The van der Waals surface area contributed by atoms with Crippen molar-refractivity contribution in [1.29, 1.82) is 0 Å². The first-order chi connectivity index (χ1) is 16.8. The van der Waals surface area contributed by atoms with Crippen LogP contribution in [-0.2, 0) is 11.8 Å². The Balaban J connectivity index is 1.96. The van der Waals surface area contributed by atoms with Crippen LogP contribution < -0.4 is 16.3 Å². The quantitative estimate of drug-likeness (QED) is 0.375. The first kappa shape index (κ1) is 25.1. The van der Waals surface area contributed by atoms with Gasteiger partial charge in [-0.3, -0.25) is 0 Å². The molecule has 10 heteroatoms. The lowest BCUT2D eigenvalue weighted by molar-refractivity contribution is -0.154. The van der Waals surface area contributed by atoms with Crippen LogP contribution in [0.4, 0.5) is 0 Å². The van der Waals surface area contributed by atoms with Crippen LogP contribution in [0.2, 0.25) is 0 Å². The molecule has 0 amide bonds. The maximum atomic E-state index is 13.5. The van der Waals surface area contributed by atoms with Crippen molar-refractivity contribution in [2.24, 2.45) is 18.7 Å². The van der Waals surface area contributed by atoms with Crippen LogP contribution in [0.5, 0.6) is 11.5 Å². The number of aromatic hydroxyl groups is 2. The molecule has 0 saturated heterocycles. The van der Waals surface area contributed by atoms with Gasteiger partial charge in [0.15, 0.2) is 5.82 Å². The van der Waals surface area contributed by atoms with E-state index < -0.39 is 17.2 Å². The third kappa shape index (κ3) is 4.13. The van der Waals surface area contributed by atoms with E-state index in [9.17, 15) is 19.8 Å². The number of carbonyl (C=O) groups is 1. The van der Waals surface area contributed by atoms with Crippen LogP contribution >= 0.6 is 0 Å². The van der Waals surface area contributed by atoms with Gasteiger partial charge in [0.25, 0.3) is 0 Å². The van der Waals surface area contributed by atoms with Crippen molar-refractivity contribution in [3.63, 3.8) is 0 Å². The topological polar surface area (TPSA) is 138 Å². The molecule has 10 nitrogen and oxygen atoms in total. The van der Waals surface area contributed by atoms with Crippen molar-refractivity contribution in [2.45, 2.75) is 46.1 Å². The molecule has 0 aliphatic rings. The van der Waals surface area contributed by atoms with Gasteiger partial charge < -0.3 is 25.4 Å². The number of aryl methyl sites for hydroxylation is 1. The van der Waals surface area contributed by atoms with Gasteiger partial charge in [-0.1, -0.05) is 27.7 Å². The Morgan fingerprint density at radius 2 is 1.78 bits per heavy atom. The van der Waals surface area contributed by atoms with E-state index in [4.69, 9.17) is 10.6 Å². The minimum Gasteiger partial charge on any atom is -0.508 e.